The molecule has 1 aromatic heterocycles. The summed E-state index contributed by atoms with van der Waals surface area (Å²) in [6.07, 6.45) is 11.2. The molecule has 17 heavy (non-hydrogen) atoms. The third-order valence-electron chi connectivity index (χ3n) is 4.24. The first-order chi connectivity index (χ1) is 8.45. The van der Waals surface area contributed by atoms with Gasteiger partial charge in [0.2, 0.25) is 0 Å². The lowest BCUT2D eigenvalue weighted by atomic mass is 9.88. The zero-order valence-corrected chi connectivity index (χ0v) is 10.4. The number of rotatable bonds is 2. The smallest absolute Gasteiger partial charge is 0.136 e. The molecule has 4 heteroatoms. The Morgan fingerprint density at radius 2 is 2.00 bits per heavy atom. The Hall–Kier alpha value is -0.900. The first kappa shape index (κ1) is 11.2. The van der Waals surface area contributed by atoms with Crippen molar-refractivity contribution in [3.8, 4) is 0 Å². The minimum absolute atomic E-state index is 0.579. The molecule has 1 saturated carbocycles. The molecule has 1 unspecified atom stereocenters. The van der Waals surface area contributed by atoms with E-state index >= 15 is 0 Å². The normalized spacial score (nSPS) is 27.2. The molecule has 1 aromatic rings. The van der Waals surface area contributed by atoms with Crippen LogP contribution in [-0.2, 0) is 0 Å². The lowest BCUT2D eigenvalue weighted by Crippen LogP contribution is -2.32. The molecule has 2 fully saturated rings. The number of piperidine rings is 1. The van der Waals surface area contributed by atoms with E-state index in [1.54, 1.807) is 0 Å². The van der Waals surface area contributed by atoms with Crippen molar-refractivity contribution in [3.05, 3.63) is 12.2 Å². The van der Waals surface area contributed by atoms with E-state index in [1.165, 1.54) is 50.8 Å². The third kappa shape index (κ3) is 2.37. The zero-order chi connectivity index (χ0) is 11.5. The maximum Gasteiger partial charge on any atom is 0.136 e. The summed E-state index contributed by atoms with van der Waals surface area (Å²) in [7, 11) is 0. The van der Waals surface area contributed by atoms with Gasteiger partial charge in [-0.15, -0.1) is 10.2 Å². The molecule has 2 heterocycles. The van der Waals surface area contributed by atoms with E-state index in [0.717, 1.165) is 13.1 Å². The summed E-state index contributed by atoms with van der Waals surface area (Å²) in [6.45, 7) is 2.25. The number of hydrogen-bond donors (Lipinski definition) is 1. The van der Waals surface area contributed by atoms with Gasteiger partial charge in [-0.25, -0.2) is 0 Å². The van der Waals surface area contributed by atoms with E-state index in [2.05, 4.69) is 20.1 Å². The minimum atomic E-state index is 0.579. The Kier molecular flexibility index (Phi) is 3.41. The number of nitrogens with zero attached hydrogens (tertiary/aromatic N) is 3. The van der Waals surface area contributed by atoms with Gasteiger partial charge < -0.3 is 9.88 Å². The van der Waals surface area contributed by atoms with Crippen LogP contribution in [0, 0.1) is 0 Å². The molecule has 2 aliphatic rings. The summed E-state index contributed by atoms with van der Waals surface area (Å²) in [5.74, 6) is 1.91. The van der Waals surface area contributed by atoms with Crippen LogP contribution in [0.5, 0.6) is 0 Å². The molecule has 1 saturated heterocycles. The predicted molar refractivity (Wildman–Crippen MR) is 67.0 cm³/mol. The summed E-state index contributed by atoms with van der Waals surface area (Å²) in [5, 5.41) is 12.0. The monoisotopic (exact) mass is 234 g/mol. The predicted octanol–water partition coefficient (Wildman–Crippen LogP) is 2.25. The highest BCUT2D eigenvalue weighted by Gasteiger charge is 2.24. The van der Waals surface area contributed by atoms with Gasteiger partial charge in [0.15, 0.2) is 0 Å². The highest BCUT2D eigenvalue weighted by atomic mass is 15.3. The Morgan fingerprint density at radius 3 is 2.76 bits per heavy atom. The molecule has 0 amide bonds. The topological polar surface area (TPSA) is 42.7 Å². The number of nitrogens with one attached hydrogen (secondary N) is 1. The standard InChI is InChI=1S/C13H22N4/c1-2-5-11(6-3-1)13-16-15-10-17(13)12-7-4-8-14-9-12/h10-12,14H,1-9H2. The maximum absolute atomic E-state index is 4.40. The Morgan fingerprint density at radius 1 is 1.12 bits per heavy atom. The van der Waals surface area contributed by atoms with E-state index in [-0.39, 0.29) is 0 Å². The van der Waals surface area contributed by atoms with Crippen LogP contribution >= 0.6 is 0 Å². The van der Waals surface area contributed by atoms with Gasteiger partial charge >= 0.3 is 0 Å². The Balaban J connectivity index is 1.77. The summed E-state index contributed by atoms with van der Waals surface area (Å²) >= 11 is 0. The second kappa shape index (κ2) is 5.17. The van der Waals surface area contributed by atoms with Crippen LogP contribution in [0.25, 0.3) is 0 Å². The largest absolute Gasteiger partial charge is 0.315 e. The third-order valence-corrected chi connectivity index (χ3v) is 4.24. The Bertz CT molecular complexity index is 316. The highest BCUT2D eigenvalue weighted by molar-refractivity contribution is 5.00. The van der Waals surface area contributed by atoms with Crippen LogP contribution in [0.3, 0.4) is 0 Å². The van der Waals surface area contributed by atoms with Gasteiger partial charge in [-0.1, -0.05) is 19.3 Å². The van der Waals surface area contributed by atoms with Crippen molar-refractivity contribution in [2.24, 2.45) is 0 Å². The fraction of sp³-hybridized carbons (Fsp3) is 0.846. The summed E-state index contributed by atoms with van der Waals surface area (Å²) in [4.78, 5) is 0. The van der Waals surface area contributed by atoms with E-state index in [9.17, 15) is 0 Å². The second-order valence-electron chi connectivity index (χ2n) is 5.43. The fourth-order valence-electron chi connectivity index (χ4n) is 3.26. The molecule has 94 valence electrons. The lowest BCUT2D eigenvalue weighted by Gasteiger charge is -2.28. The molecule has 0 aromatic carbocycles. The molecule has 0 radical (unpaired) electrons. The summed E-state index contributed by atoms with van der Waals surface area (Å²) < 4.78 is 2.35. The molecular weight excluding hydrogens is 212 g/mol. The first-order valence-electron chi connectivity index (χ1n) is 7.05. The average molecular weight is 234 g/mol. The van der Waals surface area contributed by atoms with Crippen LogP contribution in [0.15, 0.2) is 6.33 Å². The van der Waals surface area contributed by atoms with Crippen LogP contribution in [0.1, 0.15) is 62.7 Å². The van der Waals surface area contributed by atoms with Gasteiger partial charge in [0, 0.05) is 18.5 Å². The molecule has 1 aliphatic heterocycles. The van der Waals surface area contributed by atoms with Gasteiger partial charge in [-0.05, 0) is 32.2 Å². The van der Waals surface area contributed by atoms with E-state index < -0.39 is 0 Å². The van der Waals surface area contributed by atoms with Gasteiger partial charge in [-0.3, -0.25) is 0 Å². The molecule has 0 spiro atoms. The van der Waals surface area contributed by atoms with Crippen molar-refractivity contribution in [2.45, 2.75) is 56.9 Å². The van der Waals surface area contributed by atoms with E-state index in [1.807, 2.05) is 6.33 Å². The highest BCUT2D eigenvalue weighted by Crippen LogP contribution is 2.33. The van der Waals surface area contributed by atoms with E-state index in [0.29, 0.717) is 12.0 Å². The van der Waals surface area contributed by atoms with Crippen molar-refractivity contribution in [3.63, 3.8) is 0 Å². The van der Waals surface area contributed by atoms with Crippen molar-refractivity contribution in [1.82, 2.24) is 20.1 Å². The number of hydrogen-bond acceptors (Lipinski definition) is 3. The molecule has 1 aliphatic carbocycles. The summed E-state index contributed by atoms with van der Waals surface area (Å²) in [6, 6.07) is 0.579. The van der Waals surface area contributed by atoms with Crippen molar-refractivity contribution < 1.29 is 0 Å². The molecule has 1 atom stereocenters. The SMILES string of the molecule is c1nnc(C2CCCCC2)n1C1CCCNC1. The summed E-state index contributed by atoms with van der Waals surface area (Å²) in [5.41, 5.74) is 0. The van der Waals surface area contributed by atoms with Gasteiger partial charge in [-0.2, -0.15) is 0 Å². The molecule has 4 nitrogen and oxygen atoms in total. The minimum Gasteiger partial charge on any atom is -0.315 e. The van der Waals surface area contributed by atoms with Gasteiger partial charge in [0.25, 0.3) is 0 Å². The Labute approximate surface area is 103 Å². The molecule has 1 N–H and O–H groups in total. The van der Waals surface area contributed by atoms with E-state index in [4.69, 9.17) is 0 Å². The molecule has 0 bridgehead atoms. The quantitative estimate of drug-likeness (QED) is 0.853. The fourth-order valence-corrected chi connectivity index (χ4v) is 3.26. The number of aromatic nitrogens is 3. The van der Waals surface area contributed by atoms with Crippen LogP contribution < -0.4 is 5.32 Å². The van der Waals surface area contributed by atoms with Crippen molar-refractivity contribution in [2.75, 3.05) is 13.1 Å². The van der Waals surface area contributed by atoms with Crippen LogP contribution in [0.4, 0.5) is 0 Å². The maximum atomic E-state index is 4.40. The first-order valence-corrected chi connectivity index (χ1v) is 7.05. The van der Waals surface area contributed by atoms with Crippen LogP contribution in [-0.4, -0.2) is 27.9 Å². The van der Waals surface area contributed by atoms with Crippen molar-refractivity contribution in [1.29, 1.82) is 0 Å². The van der Waals surface area contributed by atoms with Gasteiger partial charge in [0.05, 0.1) is 0 Å². The second-order valence-corrected chi connectivity index (χ2v) is 5.43. The zero-order valence-electron chi connectivity index (χ0n) is 10.4. The lowest BCUT2D eigenvalue weighted by molar-refractivity contribution is 0.341. The molecular formula is C13H22N4. The van der Waals surface area contributed by atoms with Gasteiger partial charge in [0.1, 0.15) is 12.2 Å². The average Bonchev–Trinajstić information content (AvgIpc) is 2.90. The van der Waals surface area contributed by atoms with Crippen molar-refractivity contribution >= 4 is 0 Å². The molecule has 3 rings (SSSR count). The van der Waals surface area contributed by atoms with Crippen LogP contribution in [0.2, 0.25) is 0 Å².